The summed E-state index contributed by atoms with van der Waals surface area (Å²) in [6.07, 6.45) is 3.04. The molecule has 1 aromatic rings. The fourth-order valence-electron chi connectivity index (χ4n) is 1.51. The van der Waals surface area contributed by atoms with Gasteiger partial charge in [0.1, 0.15) is 0 Å². The van der Waals surface area contributed by atoms with E-state index < -0.39 is 0 Å². The van der Waals surface area contributed by atoms with Crippen molar-refractivity contribution in [1.82, 2.24) is 15.1 Å². The van der Waals surface area contributed by atoms with Crippen molar-refractivity contribution in [1.29, 1.82) is 0 Å². The topological polar surface area (TPSA) is 29.9 Å². The number of likely N-dealkylation sites (N-methyl/N-ethyl adjacent to an activating group) is 1. The summed E-state index contributed by atoms with van der Waals surface area (Å²) in [6, 6.07) is 2.11. The lowest BCUT2D eigenvalue weighted by atomic mass is 9.99. The van der Waals surface area contributed by atoms with E-state index >= 15 is 0 Å². The Morgan fingerprint density at radius 2 is 2.13 bits per heavy atom. The standard InChI is InChI=1S/C12H23N3/c1-10(2)9-15-7-6-11(14-15)8-12(3,4)13-5/h6-7,10,13H,8-9H2,1-5H3. The molecular formula is C12H23N3. The van der Waals surface area contributed by atoms with Gasteiger partial charge in [0.15, 0.2) is 0 Å². The maximum atomic E-state index is 4.56. The maximum Gasteiger partial charge on any atom is 0.0642 e. The second kappa shape index (κ2) is 4.79. The Balaban J connectivity index is 2.60. The van der Waals surface area contributed by atoms with Crippen molar-refractivity contribution < 1.29 is 0 Å². The fourth-order valence-corrected chi connectivity index (χ4v) is 1.51. The minimum absolute atomic E-state index is 0.122. The molecule has 0 aromatic carbocycles. The van der Waals surface area contributed by atoms with E-state index in [1.807, 2.05) is 11.7 Å². The van der Waals surface area contributed by atoms with Crippen molar-refractivity contribution in [2.24, 2.45) is 5.92 Å². The Labute approximate surface area is 92.9 Å². The zero-order valence-corrected chi connectivity index (χ0v) is 10.5. The molecule has 0 radical (unpaired) electrons. The molecule has 0 bridgehead atoms. The van der Waals surface area contributed by atoms with Crippen LogP contribution in [0.4, 0.5) is 0 Å². The third-order valence-electron chi connectivity index (χ3n) is 2.55. The van der Waals surface area contributed by atoms with Gasteiger partial charge in [-0.3, -0.25) is 4.68 Å². The average molecular weight is 209 g/mol. The van der Waals surface area contributed by atoms with Gasteiger partial charge in [0.25, 0.3) is 0 Å². The van der Waals surface area contributed by atoms with Crippen molar-refractivity contribution in [3.63, 3.8) is 0 Å². The number of rotatable bonds is 5. The molecule has 0 atom stereocenters. The Bertz CT molecular complexity index is 300. The van der Waals surface area contributed by atoms with Gasteiger partial charge in [-0.25, -0.2) is 0 Å². The van der Waals surface area contributed by atoms with Gasteiger partial charge in [0.05, 0.1) is 5.69 Å². The predicted molar refractivity (Wildman–Crippen MR) is 63.9 cm³/mol. The summed E-state index contributed by atoms with van der Waals surface area (Å²) in [5, 5.41) is 7.85. The maximum absolute atomic E-state index is 4.56. The molecule has 0 saturated carbocycles. The molecule has 1 heterocycles. The van der Waals surface area contributed by atoms with Crippen molar-refractivity contribution >= 4 is 0 Å². The van der Waals surface area contributed by atoms with Crippen molar-refractivity contribution in [2.45, 2.75) is 46.2 Å². The highest BCUT2D eigenvalue weighted by atomic mass is 15.3. The fraction of sp³-hybridized carbons (Fsp3) is 0.750. The molecule has 0 aliphatic rings. The van der Waals surface area contributed by atoms with Gasteiger partial charge in [0, 0.05) is 24.7 Å². The van der Waals surface area contributed by atoms with Gasteiger partial charge in [-0.2, -0.15) is 5.10 Å². The number of aromatic nitrogens is 2. The van der Waals surface area contributed by atoms with Crippen LogP contribution in [0.15, 0.2) is 12.3 Å². The van der Waals surface area contributed by atoms with Crippen molar-refractivity contribution in [3.05, 3.63) is 18.0 Å². The van der Waals surface area contributed by atoms with Crippen LogP contribution in [0.1, 0.15) is 33.4 Å². The zero-order valence-electron chi connectivity index (χ0n) is 10.5. The summed E-state index contributed by atoms with van der Waals surface area (Å²) in [5.74, 6) is 0.648. The number of nitrogens with one attached hydrogen (secondary N) is 1. The molecule has 0 spiro atoms. The van der Waals surface area contributed by atoms with Crippen LogP contribution >= 0.6 is 0 Å². The van der Waals surface area contributed by atoms with Crippen molar-refractivity contribution in [2.75, 3.05) is 7.05 Å². The molecule has 0 fully saturated rings. The highest BCUT2D eigenvalue weighted by Gasteiger charge is 2.16. The molecule has 0 unspecified atom stereocenters. The monoisotopic (exact) mass is 209 g/mol. The molecule has 0 aliphatic carbocycles. The molecule has 1 aromatic heterocycles. The zero-order chi connectivity index (χ0) is 11.5. The molecule has 86 valence electrons. The van der Waals surface area contributed by atoms with E-state index in [2.05, 4.69) is 50.4 Å². The first-order valence-electron chi connectivity index (χ1n) is 5.64. The third kappa shape index (κ3) is 4.04. The van der Waals surface area contributed by atoms with Crippen LogP contribution < -0.4 is 5.32 Å². The summed E-state index contributed by atoms with van der Waals surface area (Å²) >= 11 is 0. The lowest BCUT2D eigenvalue weighted by molar-refractivity contribution is 0.411. The first kappa shape index (κ1) is 12.2. The first-order chi connectivity index (χ1) is 6.93. The molecule has 0 saturated heterocycles. The second-order valence-corrected chi connectivity index (χ2v) is 5.23. The van der Waals surface area contributed by atoms with E-state index in [-0.39, 0.29) is 5.54 Å². The molecule has 3 heteroatoms. The van der Waals surface area contributed by atoms with E-state index in [1.165, 1.54) is 0 Å². The molecule has 3 nitrogen and oxygen atoms in total. The van der Waals surface area contributed by atoms with Crippen LogP contribution in [0.3, 0.4) is 0 Å². The smallest absolute Gasteiger partial charge is 0.0642 e. The molecule has 0 amide bonds. The Morgan fingerprint density at radius 1 is 1.47 bits per heavy atom. The van der Waals surface area contributed by atoms with E-state index in [1.54, 1.807) is 0 Å². The Hall–Kier alpha value is -0.830. The average Bonchev–Trinajstić information content (AvgIpc) is 2.50. The minimum atomic E-state index is 0.122. The van der Waals surface area contributed by atoms with Gasteiger partial charge in [0.2, 0.25) is 0 Å². The van der Waals surface area contributed by atoms with Gasteiger partial charge >= 0.3 is 0 Å². The van der Waals surface area contributed by atoms with E-state index in [0.29, 0.717) is 5.92 Å². The van der Waals surface area contributed by atoms with Crippen molar-refractivity contribution in [3.8, 4) is 0 Å². The van der Waals surface area contributed by atoms with Gasteiger partial charge in [-0.15, -0.1) is 0 Å². The number of nitrogens with zero attached hydrogens (tertiary/aromatic N) is 2. The molecule has 0 aliphatic heterocycles. The molecule has 1 rings (SSSR count). The summed E-state index contributed by atoms with van der Waals surface area (Å²) in [6.45, 7) is 9.79. The summed E-state index contributed by atoms with van der Waals surface area (Å²) in [7, 11) is 1.99. The van der Waals surface area contributed by atoms with Crippen LogP contribution in [0.25, 0.3) is 0 Å². The predicted octanol–water partition coefficient (Wildman–Crippen LogP) is 2.08. The summed E-state index contributed by atoms with van der Waals surface area (Å²) in [4.78, 5) is 0. The van der Waals surface area contributed by atoms with Crippen LogP contribution in [-0.2, 0) is 13.0 Å². The Kier molecular flexibility index (Phi) is 3.91. The molecule has 1 N–H and O–H groups in total. The van der Waals surface area contributed by atoms with E-state index in [9.17, 15) is 0 Å². The highest BCUT2D eigenvalue weighted by Crippen LogP contribution is 2.10. The normalized spacial score (nSPS) is 12.4. The lowest BCUT2D eigenvalue weighted by Gasteiger charge is -2.22. The number of hydrogen-bond acceptors (Lipinski definition) is 2. The van der Waals surface area contributed by atoms with E-state index in [4.69, 9.17) is 0 Å². The Morgan fingerprint density at radius 3 is 2.67 bits per heavy atom. The second-order valence-electron chi connectivity index (χ2n) is 5.23. The van der Waals surface area contributed by atoms with Crippen LogP contribution in [0, 0.1) is 5.92 Å². The van der Waals surface area contributed by atoms with Gasteiger partial charge in [-0.1, -0.05) is 13.8 Å². The number of hydrogen-bond donors (Lipinski definition) is 1. The lowest BCUT2D eigenvalue weighted by Crippen LogP contribution is -2.38. The van der Waals surface area contributed by atoms with Crippen LogP contribution in [0.2, 0.25) is 0 Å². The van der Waals surface area contributed by atoms with Gasteiger partial charge in [-0.05, 0) is 32.9 Å². The minimum Gasteiger partial charge on any atom is -0.314 e. The van der Waals surface area contributed by atoms with Gasteiger partial charge < -0.3 is 5.32 Å². The quantitative estimate of drug-likeness (QED) is 0.804. The largest absolute Gasteiger partial charge is 0.314 e. The summed E-state index contributed by atoms with van der Waals surface area (Å²) < 4.78 is 2.03. The SMILES string of the molecule is CNC(C)(C)Cc1ccn(CC(C)C)n1. The van der Waals surface area contributed by atoms with Crippen LogP contribution in [-0.4, -0.2) is 22.4 Å². The van der Waals surface area contributed by atoms with E-state index in [0.717, 1.165) is 18.7 Å². The molecular weight excluding hydrogens is 186 g/mol. The van der Waals surface area contributed by atoms with Crippen LogP contribution in [0.5, 0.6) is 0 Å². The third-order valence-corrected chi connectivity index (χ3v) is 2.55. The first-order valence-corrected chi connectivity index (χ1v) is 5.64. The highest BCUT2D eigenvalue weighted by molar-refractivity contribution is 5.04. The summed E-state index contributed by atoms with van der Waals surface area (Å²) in [5.41, 5.74) is 1.28. The molecule has 15 heavy (non-hydrogen) atoms.